The van der Waals surface area contributed by atoms with Crippen molar-refractivity contribution in [3.8, 4) is 11.5 Å². The molecule has 2 rings (SSSR count). The Morgan fingerprint density at radius 3 is 2.79 bits per heavy atom. The van der Waals surface area contributed by atoms with Crippen LogP contribution in [0.3, 0.4) is 0 Å². The number of amides is 1. The molecule has 98 valence electrons. The Morgan fingerprint density at radius 2 is 2.21 bits per heavy atom. The summed E-state index contributed by atoms with van der Waals surface area (Å²) in [5.74, 6) is 0.187. The van der Waals surface area contributed by atoms with Crippen LogP contribution in [0, 0.1) is 0 Å². The molecule has 1 amide bonds. The summed E-state index contributed by atoms with van der Waals surface area (Å²) >= 11 is 0. The van der Waals surface area contributed by atoms with E-state index in [0.717, 1.165) is 5.56 Å². The van der Waals surface area contributed by atoms with Gasteiger partial charge < -0.3 is 15.5 Å². The highest BCUT2D eigenvalue weighted by atomic mass is 16.4. The molecule has 0 saturated carbocycles. The Morgan fingerprint density at radius 1 is 1.47 bits per heavy atom. The Bertz CT molecular complexity index is 549. The Labute approximate surface area is 110 Å². The summed E-state index contributed by atoms with van der Waals surface area (Å²) < 4.78 is 5.07. The van der Waals surface area contributed by atoms with Crippen LogP contribution in [-0.4, -0.2) is 22.1 Å². The molecule has 1 heterocycles. The topological polar surface area (TPSA) is 94.0 Å². The van der Waals surface area contributed by atoms with Crippen LogP contribution in [0.15, 0.2) is 47.7 Å². The predicted molar refractivity (Wildman–Crippen MR) is 71.2 cm³/mol. The average Bonchev–Trinajstić information content (AvgIpc) is 2.94. The number of benzene rings is 1. The summed E-state index contributed by atoms with van der Waals surface area (Å²) in [6.07, 6.45) is 3.31. The van der Waals surface area contributed by atoms with E-state index in [9.17, 15) is 4.79 Å². The molecule has 0 spiro atoms. The predicted octanol–water partition coefficient (Wildman–Crippen LogP) is 1.58. The van der Waals surface area contributed by atoms with Crippen molar-refractivity contribution in [3.63, 3.8) is 0 Å². The first-order chi connectivity index (χ1) is 9.20. The van der Waals surface area contributed by atoms with Crippen LogP contribution in [0.25, 0.3) is 11.5 Å². The first-order valence-corrected chi connectivity index (χ1v) is 5.74. The summed E-state index contributed by atoms with van der Waals surface area (Å²) in [6.45, 7) is 3.55. The molecule has 0 aliphatic heterocycles. The Hall–Kier alpha value is -2.47. The average molecular weight is 258 g/mol. The number of hydrogen-bond donors (Lipinski definition) is 2. The molecular weight excluding hydrogens is 244 g/mol. The minimum Gasteiger partial charge on any atom is -0.423 e. The van der Waals surface area contributed by atoms with E-state index in [1.54, 1.807) is 30.3 Å². The number of carbonyl (C=O) groups excluding carboxylic acids is 1. The molecule has 1 aromatic heterocycles. The number of hydrogen-bond acceptors (Lipinski definition) is 5. The molecule has 0 radical (unpaired) electrons. The van der Waals surface area contributed by atoms with Crippen LogP contribution >= 0.6 is 0 Å². The summed E-state index contributed by atoms with van der Waals surface area (Å²) in [6, 6.07) is 6.47. The van der Waals surface area contributed by atoms with Gasteiger partial charge in [-0.2, -0.15) is 0 Å². The minimum atomic E-state index is -0.590. The molecule has 3 N–H and O–H groups in total. The number of carbonyl (C=O) groups is 1. The highest BCUT2D eigenvalue weighted by Gasteiger charge is 2.11. The quantitative estimate of drug-likeness (QED) is 0.794. The van der Waals surface area contributed by atoms with Gasteiger partial charge in [0.05, 0.1) is 6.04 Å². The van der Waals surface area contributed by atoms with Gasteiger partial charge in [-0.25, -0.2) is 0 Å². The van der Waals surface area contributed by atoms with Gasteiger partial charge in [0.15, 0.2) is 0 Å². The number of nitrogens with two attached hydrogens (primary N) is 1. The fourth-order valence-corrected chi connectivity index (χ4v) is 1.52. The first kappa shape index (κ1) is 13.0. The van der Waals surface area contributed by atoms with E-state index in [1.165, 1.54) is 6.39 Å². The molecule has 2 aromatic rings. The number of rotatable bonds is 5. The van der Waals surface area contributed by atoms with Crippen LogP contribution in [0.4, 0.5) is 5.69 Å². The van der Waals surface area contributed by atoms with Crippen LogP contribution in [0.1, 0.15) is 6.42 Å². The molecule has 0 aliphatic carbocycles. The van der Waals surface area contributed by atoms with Gasteiger partial charge in [-0.1, -0.05) is 6.08 Å². The molecule has 1 unspecified atom stereocenters. The Kier molecular flexibility index (Phi) is 4.04. The molecule has 19 heavy (non-hydrogen) atoms. The van der Waals surface area contributed by atoms with Crippen LogP contribution in [-0.2, 0) is 4.79 Å². The number of anilines is 1. The number of nitrogens with one attached hydrogen (secondary N) is 1. The van der Waals surface area contributed by atoms with Crippen LogP contribution in [0.2, 0.25) is 0 Å². The number of nitrogens with zero attached hydrogens (tertiary/aromatic N) is 2. The maximum Gasteiger partial charge on any atom is 0.247 e. The normalized spacial score (nSPS) is 11.8. The first-order valence-electron chi connectivity index (χ1n) is 5.74. The zero-order valence-corrected chi connectivity index (χ0v) is 10.2. The molecule has 0 bridgehead atoms. The number of aromatic nitrogens is 2. The third kappa shape index (κ3) is 3.26. The van der Waals surface area contributed by atoms with Gasteiger partial charge in [0.2, 0.25) is 18.2 Å². The van der Waals surface area contributed by atoms with Crippen LogP contribution < -0.4 is 11.1 Å². The van der Waals surface area contributed by atoms with Crippen molar-refractivity contribution in [2.45, 2.75) is 12.5 Å². The zero-order valence-electron chi connectivity index (χ0n) is 10.2. The maximum absolute atomic E-state index is 11.7. The second-order valence-corrected chi connectivity index (χ2v) is 3.94. The van der Waals surface area contributed by atoms with Crippen molar-refractivity contribution in [2.24, 2.45) is 5.73 Å². The summed E-state index contributed by atoms with van der Waals surface area (Å²) in [4.78, 5) is 11.7. The van der Waals surface area contributed by atoms with E-state index in [2.05, 4.69) is 22.1 Å². The second-order valence-electron chi connectivity index (χ2n) is 3.94. The fourth-order valence-electron chi connectivity index (χ4n) is 1.52. The molecular formula is C13H14N4O2. The third-order valence-corrected chi connectivity index (χ3v) is 2.52. The second kappa shape index (κ2) is 5.92. The molecule has 0 fully saturated rings. The summed E-state index contributed by atoms with van der Waals surface area (Å²) in [5.41, 5.74) is 7.11. The van der Waals surface area contributed by atoms with Gasteiger partial charge in [-0.3, -0.25) is 4.79 Å². The summed E-state index contributed by atoms with van der Waals surface area (Å²) in [5, 5.41) is 10.1. The fraction of sp³-hybridized carbons (Fsp3) is 0.154. The van der Waals surface area contributed by atoms with Crippen LogP contribution in [0.5, 0.6) is 0 Å². The third-order valence-electron chi connectivity index (χ3n) is 2.52. The smallest absolute Gasteiger partial charge is 0.247 e. The molecule has 0 saturated heterocycles. The van der Waals surface area contributed by atoms with E-state index in [1.807, 2.05) is 0 Å². The van der Waals surface area contributed by atoms with Crippen molar-refractivity contribution in [3.05, 3.63) is 43.3 Å². The van der Waals surface area contributed by atoms with Gasteiger partial charge >= 0.3 is 0 Å². The SMILES string of the molecule is C=CCC(N)C(=O)Nc1ccc(-c2nnco2)cc1. The molecule has 0 aliphatic rings. The molecule has 6 nitrogen and oxygen atoms in total. The Balaban J connectivity index is 2.03. The highest BCUT2D eigenvalue weighted by Crippen LogP contribution is 2.18. The summed E-state index contributed by atoms with van der Waals surface area (Å²) in [7, 11) is 0. The lowest BCUT2D eigenvalue weighted by molar-refractivity contribution is -0.117. The van der Waals surface area contributed by atoms with Crippen molar-refractivity contribution >= 4 is 11.6 Å². The standard InChI is InChI=1S/C13H14N4O2/c1-2-3-11(14)12(18)16-10-6-4-9(5-7-10)13-17-15-8-19-13/h2,4-8,11H,1,3,14H2,(H,16,18). The van der Waals surface area contributed by atoms with Crippen molar-refractivity contribution < 1.29 is 9.21 Å². The van der Waals surface area contributed by atoms with E-state index >= 15 is 0 Å². The van der Waals surface area contributed by atoms with Gasteiger partial charge in [0, 0.05) is 11.3 Å². The molecule has 6 heteroatoms. The van der Waals surface area contributed by atoms with E-state index in [4.69, 9.17) is 10.2 Å². The van der Waals surface area contributed by atoms with Gasteiger partial charge in [-0.05, 0) is 30.7 Å². The van der Waals surface area contributed by atoms with E-state index in [0.29, 0.717) is 18.0 Å². The van der Waals surface area contributed by atoms with Gasteiger partial charge in [0.25, 0.3) is 0 Å². The maximum atomic E-state index is 11.7. The molecule has 1 atom stereocenters. The molecule has 1 aromatic carbocycles. The van der Waals surface area contributed by atoms with Crippen molar-refractivity contribution in [1.82, 2.24) is 10.2 Å². The lowest BCUT2D eigenvalue weighted by atomic mass is 10.2. The lowest BCUT2D eigenvalue weighted by Gasteiger charge is -2.10. The van der Waals surface area contributed by atoms with E-state index in [-0.39, 0.29) is 5.91 Å². The van der Waals surface area contributed by atoms with E-state index < -0.39 is 6.04 Å². The van der Waals surface area contributed by atoms with Crippen molar-refractivity contribution in [2.75, 3.05) is 5.32 Å². The van der Waals surface area contributed by atoms with Gasteiger partial charge in [0.1, 0.15) is 0 Å². The zero-order chi connectivity index (χ0) is 13.7. The lowest BCUT2D eigenvalue weighted by Crippen LogP contribution is -2.35. The van der Waals surface area contributed by atoms with Crippen molar-refractivity contribution in [1.29, 1.82) is 0 Å². The van der Waals surface area contributed by atoms with Gasteiger partial charge in [-0.15, -0.1) is 16.8 Å². The largest absolute Gasteiger partial charge is 0.423 e. The highest BCUT2D eigenvalue weighted by molar-refractivity contribution is 5.94. The minimum absolute atomic E-state index is 0.245. The monoisotopic (exact) mass is 258 g/mol.